The molecular weight excluding hydrogens is 282 g/mol. The third-order valence-electron chi connectivity index (χ3n) is 2.23. The Morgan fingerprint density at radius 3 is 2.53 bits per heavy atom. The Labute approximate surface area is 110 Å². The Kier molecular flexibility index (Phi) is 4.97. The number of hydrogen-bond acceptors (Lipinski definition) is 4. The highest BCUT2D eigenvalue weighted by Crippen LogP contribution is 2.24. The molecule has 0 bridgehead atoms. The number of amides is 1. The molecule has 0 atom stereocenters. The molecule has 0 aromatic carbocycles. The number of carbonyl (C=O) groups is 1. The summed E-state index contributed by atoms with van der Waals surface area (Å²) in [7, 11) is 1.47. The van der Waals surface area contributed by atoms with Gasteiger partial charge in [0.15, 0.2) is 0 Å². The van der Waals surface area contributed by atoms with E-state index in [4.69, 9.17) is 10.7 Å². The Hall–Kier alpha value is -0.590. The maximum absolute atomic E-state index is 12.0. The zero-order valence-electron chi connectivity index (χ0n) is 9.64. The first-order chi connectivity index (χ1) is 7.90. The third-order valence-corrected chi connectivity index (χ3v) is 5.27. The fraction of sp³-hybridized carbons (Fsp3) is 0.500. The smallest absolute Gasteiger partial charge is 0.270 e. The molecule has 1 aromatic heterocycles. The molecule has 0 saturated carbocycles. The van der Waals surface area contributed by atoms with Crippen LogP contribution in [0.2, 0.25) is 0 Å². The van der Waals surface area contributed by atoms with E-state index in [0.717, 1.165) is 17.8 Å². The molecule has 0 aliphatic heterocycles. The number of hydrogen-bond donors (Lipinski definition) is 0. The highest BCUT2D eigenvalue weighted by Gasteiger charge is 2.19. The number of halogens is 1. The van der Waals surface area contributed by atoms with Gasteiger partial charge in [0, 0.05) is 29.2 Å². The maximum atomic E-state index is 12.0. The van der Waals surface area contributed by atoms with E-state index in [1.165, 1.54) is 11.4 Å². The predicted molar refractivity (Wildman–Crippen MR) is 69.2 cm³/mol. The lowest BCUT2D eigenvalue weighted by Crippen LogP contribution is -2.31. The lowest BCUT2D eigenvalue weighted by molar-refractivity contribution is 0.0765. The molecule has 0 aliphatic carbocycles. The molecule has 17 heavy (non-hydrogen) atoms. The van der Waals surface area contributed by atoms with Crippen LogP contribution in [-0.2, 0) is 9.05 Å². The van der Waals surface area contributed by atoms with Crippen molar-refractivity contribution in [3.05, 3.63) is 17.0 Å². The summed E-state index contributed by atoms with van der Waals surface area (Å²) < 4.78 is 22.2. The quantitative estimate of drug-likeness (QED) is 0.785. The van der Waals surface area contributed by atoms with Crippen LogP contribution < -0.4 is 0 Å². The summed E-state index contributed by atoms with van der Waals surface area (Å²) in [6, 6.07) is 1.33. The van der Waals surface area contributed by atoms with Gasteiger partial charge in [-0.3, -0.25) is 4.79 Å². The summed E-state index contributed by atoms with van der Waals surface area (Å²) in [4.78, 5) is 13.7. The zero-order valence-corrected chi connectivity index (χ0v) is 12.0. The number of rotatable bonds is 5. The van der Waals surface area contributed by atoms with Crippen molar-refractivity contribution in [1.82, 2.24) is 4.90 Å². The molecule has 7 heteroatoms. The van der Waals surface area contributed by atoms with Crippen molar-refractivity contribution in [3.8, 4) is 0 Å². The Morgan fingerprint density at radius 2 is 2.12 bits per heavy atom. The van der Waals surface area contributed by atoms with E-state index in [-0.39, 0.29) is 10.1 Å². The van der Waals surface area contributed by atoms with E-state index in [1.54, 1.807) is 4.90 Å². The van der Waals surface area contributed by atoms with Crippen molar-refractivity contribution in [2.45, 2.75) is 24.5 Å². The monoisotopic (exact) mass is 295 g/mol. The highest BCUT2D eigenvalue weighted by atomic mass is 35.7. The van der Waals surface area contributed by atoms with Crippen molar-refractivity contribution in [1.29, 1.82) is 0 Å². The van der Waals surface area contributed by atoms with Crippen LogP contribution >= 0.6 is 22.0 Å². The van der Waals surface area contributed by atoms with Gasteiger partial charge in [-0.1, -0.05) is 6.92 Å². The van der Waals surface area contributed by atoms with Crippen LogP contribution in [0, 0.1) is 0 Å². The zero-order chi connectivity index (χ0) is 13.1. The van der Waals surface area contributed by atoms with Crippen molar-refractivity contribution >= 4 is 37.0 Å². The minimum atomic E-state index is -3.74. The molecule has 0 fully saturated rings. The van der Waals surface area contributed by atoms with Gasteiger partial charge in [0.05, 0.1) is 5.56 Å². The minimum absolute atomic E-state index is 0.00932. The summed E-state index contributed by atoms with van der Waals surface area (Å²) in [6.45, 7) is 5.14. The highest BCUT2D eigenvalue weighted by molar-refractivity contribution is 8.15. The molecular formula is C10H14ClNO3S2. The molecule has 0 spiro atoms. The largest absolute Gasteiger partial charge is 0.339 e. The van der Waals surface area contributed by atoms with Crippen molar-refractivity contribution in [2.75, 3.05) is 13.1 Å². The Morgan fingerprint density at radius 1 is 1.47 bits per heavy atom. The average molecular weight is 296 g/mol. The molecule has 96 valence electrons. The Bertz CT molecular complexity index is 495. The van der Waals surface area contributed by atoms with E-state index in [1.807, 2.05) is 13.8 Å². The molecule has 0 aliphatic rings. The average Bonchev–Trinajstić information content (AvgIpc) is 2.73. The van der Waals surface area contributed by atoms with Gasteiger partial charge in [-0.25, -0.2) is 8.42 Å². The van der Waals surface area contributed by atoms with Gasteiger partial charge in [-0.15, -0.1) is 11.3 Å². The fourth-order valence-corrected chi connectivity index (χ4v) is 3.35. The minimum Gasteiger partial charge on any atom is -0.339 e. The van der Waals surface area contributed by atoms with Gasteiger partial charge < -0.3 is 4.90 Å². The standard InChI is InChI=1S/C10H14ClNO3S2/c1-3-5-12(4-2)10(13)8-6-9(16-7-8)17(11,14)15/h6-7H,3-5H2,1-2H3. The first kappa shape index (κ1) is 14.5. The van der Waals surface area contributed by atoms with Crippen molar-refractivity contribution in [3.63, 3.8) is 0 Å². The van der Waals surface area contributed by atoms with Crippen LogP contribution in [0.25, 0.3) is 0 Å². The molecule has 0 saturated heterocycles. The van der Waals surface area contributed by atoms with Gasteiger partial charge in [0.1, 0.15) is 4.21 Å². The van der Waals surface area contributed by atoms with Gasteiger partial charge in [-0.05, 0) is 19.4 Å². The second-order valence-corrected chi connectivity index (χ2v) is 7.18. The van der Waals surface area contributed by atoms with Crippen LogP contribution in [0.1, 0.15) is 30.6 Å². The molecule has 1 aromatic rings. The summed E-state index contributed by atoms with van der Waals surface area (Å²) in [5.41, 5.74) is 0.379. The van der Waals surface area contributed by atoms with Crippen molar-refractivity contribution in [2.24, 2.45) is 0 Å². The molecule has 1 rings (SSSR count). The van der Waals surface area contributed by atoms with Crippen molar-refractivity contribution < 1.29 is 13.2 Å². The predicted octanol–water partition coefficient (Wildman–Crippen LogP) is 2.55. The van der Waals surface area contributed by atoms with Crippen LogP contribution in [0.4, 0.5) is 0 Å². The van der Waals surface area contributed by atoms with E-state index in [0.29, 0.717) is 18.7 Å². The second kappa shape index (κ2) is 5.84. The third kappa shape index (κ3) is 3.69. The molecule has 0 radical (unpaired) electrons. The van der Waals surface area contributed by atoms with Gasteiger partial charge in [0.2, 0.25) is 0 Å². The number of thiophene rings is 1. The lowest BCUT2D eigenvalue weighted by Gasteiger charge is -2.19. The van der Waals surface area contributed by atoms with Crippen LogP contribution in [0.3, 0.4) is 0 Å². The lowest BCUT2D eigenvalue weighted by atomic mass is 10.3. The van der Waals surface area contributed by atoms with Crippen LogP contribution in [0.15, 0.2) is 15.7 Å². The molecule has 1 heterocycles. The number of carbonyl (C=O) groups excluding carboxylic acids is 1. The molecule has 0 unspecified atom stereocenters. The molecule has 4 nitrogen and oxygen atoms in total. The summed E-state index contributed by atoms with van der Waals surface area (Å²) in [5, 5.41) is 1.52. The van der Waals surface area contributed by atoms with Crippen LogP contribution in [-0.4, -0.2) is 32.3 Å². The van der Waals surface area contributed by atoms with Crippen LogP contribution in [0.5, 0.6) is 0 Å². The second-order valence-electron chi connectivity index (χ2n) is 3.48. The van der Waals surface area contributed by atoms with E-state index in [2.05, 4.69) is 0 Å². The fourth-order valence-electron chi connectivity index (χ4n) is 1.41. The van der Waals surface area contributed by atoms with E-state index < -0.39 is 9.05 Å². The topological polar surface area (TPSA) is 54.5 Å². The Balaban J connectivity index is 2.94. The van der Waals surface area contributed by atoms with Gasteiger partial charge in [-0.2, -0.15) is 0 Å². The molecule has 0 N–H and O–H groups in total. The first-order valence-corrected chi connectivity index (χ1v) is 8.41. The first-order valence-electron chi connectivity index (χ1n) is 5.22. The maximum Gasteiger partial charge on any atom is 0.270 e. The van der Waals surface area contributed by atoms with E-state index >= 15 is 0 Å². The molecule has 1 amide bonds. The van der Waals surface area contributed by atoms with Gasteiger partial charge in [0.25, 0.3) is 15.0 Å². The summed E-state index contributed by atoms with van der Waals surface area (Å²) in [5.74, 6) is -0.155. The van der Waals surface area contributed by atoms with E-state index in [9.17, 15) is 13.2 Å². The number of nitrogens with zero attached hydrogens (tertiary/aromatic N) is 1. The normalized spacial score (nSPS) is 11.5. The summed E-state index contributed by atoms with van der Waals surface area (Å²) >= 11 is 0.963. The SMILES string of the molecule is CCCN(CC)C(=O)c1csc(S(=O)(=O)Cl)c1. The van der Waals surface area contributed by atoms with Gasteiger partial charge >= 0.3 is 0 Å². The summed E-state index contributed by atoms with van der Waals surface area (Å²) in [6.07, 6.45) is 0.865.